The standard InChI is InChI=1S/C124H114N8O12/c1-117(2,3)73-49-69-53-89(113(133)141-101(69)97(57-73)121(13,14)15)65-25-33-77(34-26-65)137-81-41-45-85-93(61-81)109-125-105(85)130-110-95-63-83(139-79-37-29-67(30-38-79)91-55-71-51-75(119(7,8)9)59-99(123(19,20)21)103(71)143-115(91)135)43-47-87(95)107(127-110)132-112-96-64-84(140-80-39-31-68(32-40-80)92-56-72-52-76(120(10,11)12)60-100(124(22,23)24)104(72)144-116(92)136)44-48-88(96)108(128-112)131-111-94-62-82(42-46-86(94)106(126-111)129-109)138-78-35-27-66(28-36-78)90-54-70-50-74(118(4,5)6)58-98(122(16,17)18)102(70)142-114(90)134/h25-64H,1-24H3,(H2,125,126,127,128,129,130,131,132). The van der Waals surface area contributed by atoms with Gasteiger partial charge in [-0.2, -0.15) is 0 Å². The number of nitrogens with zero attached hydrogens (tertiary/aromatic N) is 6. The van der Waals surface area contributed by atoms with E-state index in [4.69, 9.17) is 66.5 Å². The van der Waals surface area contributed by atoms with Gasteiger partial charge in [-0.25, -0.2) is 49.1 Å². The van der Waals surface area contributed by atoms with E-state index in [0.717, 1.165) is 66.1 Å². The van der Waals surface area contributed by atoms with Crippen molar-refractivity contribution in [3.05, 3.63) is 329 Å². The molecule has 0 spiro atoms. The maximum Gasteiger partial charge on any atom is 0.344 e. The van der Waals surface area contributed by atoms with Crippen LogP contribution in [0.3, 0.4) is 0 Å². The van der Waals surface area contributed by atoms with E-state index in [9.17, 15) is 19.2 Å². The van der Waals surface area contributed by atoms with Gasteiger partial charge in [0.25, 0.3) is 0 Å². The summed E-state index contributed by atoms with van der Waals surface area (Å²) in [5.41, 5.74) is 15.3. The van der Waals surface area contributed by atoms with E-state index < -0.39 is 22.5 Å². The van der Waals surface area contributed by atoms with Crippen LogP contribution in [0.25, 0.3) is 178 Å². The van der Waals surface area contributed by atoms with E-state index in [2.05, 4.69) is 225 Å². The molecule has 21 rings (SSSR count). The van der Waals surface area contributed by atoms with E-state index in [1.54, 1.807) is 0 Å². The number of ether oxygens (including phenoxy) is 4. The first-order valence-corrected chi connectivity index (χ1v) is 48.9. The third-order valence-corrected chi connectivity index (χ3v) is 27.3. The molecule has 8 bridgehead atoms. The van der Waals surface area contributed by atoms with Crippen molar-refractivity contribution in [3.8, 4) is 136 Å². The first kappa shape index (κ1) is 94.3. The van der Waals surface area contributed by atoms with Gasteiger partial charge in [0.15, 0.2) is 23.3 Å². The summed E-state index contributed by atoms with van der Waals surface area (Å²) in [5.74, 6) is 5.00. The minimum absolute atomic E-state index is 0.166. The molecule has 2 aliphatic rings. The number of hydrogen-bond acceptors (Lipinski definition) is 18. The zero-order valence-electron chi connectivity index (χ0n) is 85.7. The van der Waals surface area contributed by atoms with Gasteiger partial charge in [0.1, 0.15) is 90.9 Å². The van der Waals surface area contributed by atoms with Crippen LogP contribution in [-0.2, 0) is 43.3 Å². The number of aromatic amines is 2. The van der Waals surface area contributed by atoms with E-state index >= 15 is 0 Å². The number of aromatic nitrogens is 8. The van der Waals surface area contributed by atoms with Crippen molar-refractivity contribution in [2.75, 3.05) is 0 Å². The molecule has 0 radical (unpaired) electrons. The van der Waals surface area contributed by atoms with Gasteiger partial charge in [-0.05, 0) is 258 Å². The Bertz CT molecular complexity index is 8510. The molecule has 0 fully saturated rings. The Kier molecular flexibility index (Phi) is 22.2. The van der Waals surface area contributed by atoms with Crippen LogP contribution >= 0.6 is 0 Å². The lowest BCUT2D eigenvalue weighted by molar-refractivity contribution is 0.482. The normalized spacial score (nSPS) is 12.8. The molecule has 9 heterocycles. The van der Waals surface area contributed by atoms with Crippen LogP contribution in [0.2, 0.25) is 0 Å². The predicted molar refractivity (Wildman–Crippen MR) is 578 cm³/mol. The molecule has 12 aromatic carbocycles. The maximum atomic E-state index is 14.1. The molecule has 20 nitrogen and oxygen atoms in total. The van der Waals surface area contributed by atoms with Crippen LogP contribution in [-0.4, -0.2) is 39.9 Å². The molecule has 0 amide bonds. The fourth-order valence-electron chi connectivity index (χ4n) is 19.0. The Labute approximate surface area is 833 Å². The molecular formula is C124H114N8O12. The van der Waals surface area contributed by atoms with Crippen molar-refractivity contribution in [3.63, 3.8) is 0 Å². The van der Waals surface area contributed by atoms with Gasteiger partial charge < -0.3 is 46.6 Å². The fraction of sp³-hybridized carbons (Fsp3) is 0.258. The average Bonchev–Trinajstić information content (AvgIpc) is 1.23. The van der Waals surface area contributed by atoms with Crippen molar-refractivity contribution in [1.29, 1.82) is 0 Å². The second-order valence-corrected chi connectivity index (χ2v) is 46.5. The van der Waals surface area contributed by atoms with Crippen molar-refractivity contribution in [2.45, 2.75) is 209 Å². The van der Waals surface area contributed by atoms with Crippen LogP contribution in [0.1, 0.15) is 211 Å². The van der Waals surface area contributed by atoms with Gasteiger partial charge in [0.2, 0.25) is 0 Å². The first-order valence-electron chi connectivity index (χ1n) is 48.9. The highest BCUT2D eigenvalue weighted by Gasteiger charge is 2.34. The Morgan fingerprint density at radius 1 is 0.201 bits per heavy atom. The van der Waals surface area contributed by atoms with E-state index in [1.807, 2.05) is 194 Å². The molecular weight excluding hydrogens is 1790 g/mol. The van der Waals surface area contributed by atoms with Crippen molar-refractivity contribution in [1.82, 2.24) is 39.9 Å². The van der Waals surface area contributed by atoms with Crippen molar-refractivity contribution in [2.24, 2.45) is 0 Å². The minimum atomic E-state index is -0.446. The van der Waals surface area contributed by atoms with Crippen molar-refractivity contribution < 1.29 is 36.6 Å². The summed E-state index contributed by atoms with van der Waals surface area (Å²) in [6.07, 6.45) is 0. The van der Waals surface area contributed by atoms with Crippen LogP contribution in [0, 0.1) is 0 Å². The number of nitrogens with one attached hydrogen (secondary N) is 2. The summed E-state index contributed by atoms with van der Waals surface area (Å²) in [5, 5.41) is 5.90. The van der Waals surface area contributed by atoms with Gasteiger partial charge in [-0.3, -0.25) is 0 Å². The lowest BCUT2D eigenvalue weighted by Gasteiger charge is -2.26. The summed E-state index contributed by atoms with van der Waals surface area (Å²) < 4.78 is 52.1. The molecule has 0 saturated carbocycles. The maximum absolute atomic E-state index is 14.1. The van der Waals surface area contributed by atoms with E-state index in [0.29, 0.717) is 191 Å². The van der Waals surface area contributed by atoms with Gasteiger partial charge >= 0.3 is 22.5 Å². The Balaban J connectivity index is 0.700. The smallest absolute Gasteiger partial charge is 0.344 e. The third kappa shape index (κ3) is 17.9. The molecule has 7 aromatic heterocycles. The van der Waals surface area contributed by atoms with E-state index in [1.165, 1.54) is 0 Å². The molecule has 0 saturated heterocycles. The predicted octanol–water partition coefficient (Wildman–Crippen LogP) is 31.5. The fourth-order valence-corrected chi connectivity index (χ4v) is 19.0. The Morgan fingerprint density at radius 2 is 0.417 bits per heavy atom. The van der Waals surface area contributed by atoms with Crippen LogP contribution in [0.5, 0.6) is 46.0 Å². The summed E-state index contributed by atoms with van der Waals surface area (Å²) >= 11 is 0. The zero-order valence-corrected chi connectivity index (χ0v) is 85.7. The number of benzene rings is 12. The Morgan fingerprint density at radius 3 is 0.653 bits per heavy atom. The SMILES string of the molecule is CC(C)(C)c1cc(C(C)(C)C)c2oc(=O)c(-c3ccc(Oc4ccc5c(c4)-c4nc-5nc5[nH]c(nc6nc(nc7[nH]c(n4)c4ccc(Oc8ccc(-c9cc%10cc(C(C)(C)C)cc(C(C)(C)C)c%10oc9=O)cc8)cc74)-c4ccc(Oc7ccc(-c8cc9cc(C(C)(C)C)cc(C(C)(C)C)c9oc8=O)cc7)cc4-6)c4ccc(Oc6ccc(-c7cc8cc(C(C)(C)C)cc(C(C)(C)C)c8oc7=O)cc6)cc54)cc3)cc2c1. The molecule has 19 aromatic rings. The highest BCUT2D eigenvalue weighted by atomic mass is 16.5. The highest BCUT2D eigenvalue weighted by molar-refractivity contribution is 6.08. The van der Waals surface area contributed by atoms with Gasteiger partial charge in [-0.15, -0.1) is 0 Å². The number of hydrogen-bond donors (Lipinski definition) is 2. The monoisotopic (exact) mass is 1910 g/mol. The molecule has 722 valence electrons. The molecule has 0 aliphatic carbocycles. The first-order chi connectivity index (χ1) is 67.9. The lowest BCUT2D eigenvalue weighted by atomic mass is 9.79. The summed E-state index contributed by atoms with van der Waals surface area (Å²) in [7, 11) is 0. The third-order valence-electron chi connectivity index (χ3n) is 27.3. The molecule has 0 atom stereocenters. The van der Waals surface area contributed by atoms with Gasteiger partial charge in [0.05, 0.1) is 22.3 Å². The summed E-state index contributed by atoms with van der Waals surface area (Å²) in [4.78, 5) is 96.4. The van der Waals surface area contributed by atoms with Gasteiger partial charge in [-0.1, -0.05) is 239 Å². The van der Waals surface area contributed by atoms with Crippen LogP contribution < -0.4 is 41.4 Å². The molecule has 2 N–H and O–H groups in total. The lowest BCUT2D eigenvalue weighted by Crippen LogP contribution is -2.17. The van der Waals surface area contributed by atoms with Crippen molar-refractivity contribution >= 4 is 88.0 Å². The van der Waals surface area contributed by atoms with Gasteiger partial charge in [0, 0.05) is 87.6 Å². The Hall–Kier alpha value is -16.0. The number of H-pyrrole nitrogens is 2. The summed E-state index contributed by atoms with van der Waals surface area (Å²) in [6.45, 7) is 51.7. The number of rotatable bonds is 12. The molecule has 20 heteroatoms. The molecule has 2 aliphatic heterocycles. The topological polar surface area (TPSA) is 267 Å². The van der Waals surface area contributed by atoms with E-state index in [-0.39, 0.29) is 55.0 Å². The second kappa shape index (κ2) is 33.9. The quantitative estimate of drug-likeness (QED) is 0.108. The minimum Gasteiger partial charge on any atom is -0.457 e. The highest BCUT2D eigenvalue weighted by Crippen LogP contribution is 2.48. The molecule has 144 heavy (non-hydrogen) atoms. The average molecular weight is 1910 g/mol. The largest absolute Gasteiger partial charge is 0.457 e. The second-order valence-electron chi connectivity index (χ2n) is 46.5. The molecule has 0 unspecified atom stereocenters. The number of fused-ring (bicyclic) bond motifs is 24. The zero-order chi connectivity index (χ0) is 102. The van der Waals surface area contributed by atoms with Crippen LogP contribution in [0.4, 0.5) is 0 Å². The van der Waals surface area contributed by atoms with Crippen LogP contribution in [0.15, 0.2) is 280 Å². The summed E-state index contributed by atoms with van der Waals surface area (Å²) in [6, 6.07) is 77.1.